The number of phenolic OH excluding ortho intramolecular Hbond substituents is 1. The van der Waals surface area contributed by atoms with Gasteiger partial charge >= 0.3 is 5.97 Å². The molecule has 0 heterocycles. The number of carboxylic acid groups (broad SMARTS) is 1. The number of carbonyl (C=O) groups is 5. The van der Waals surface area contributed by atoms with E-state index in [1.807, 2.05) is 0 Å². The van der Waals surface area contributed by atoms with Crippen molar-refractivity contribution in [2.45, 2.75) is 76.5 Å². The second kappa shape index (κ2) is 17.3. The molecule has 0 radical (unpaired) electrons. The lowest BCUT2D eigenvalue weighted by molar-refractivity contribution is -0.142. The number of nitrogens with zero attached hydrogens (tertiary/aromatic N) is 1. The second-order valence-corrected chi connectivity index (χ2v) is 10.1. The average Bonchev–Trinajstić information content (AvgIpc) is 2.88. The minimum Gasteiger partial charge on any atom is -0.508 e. The van der Waals surface area contributed by atoms with E-state index in [2.05, 4.69) is 20.9 Å². The molecule has 0 aliphatic heterocycles. The van der Waals surface area contributed by atoms with Gasteiger partial charge in [-0.25, -0.2) is 4.79 Å². The summed E-state index contributed by atoms with van der Waals surface area (Å²) in [5.41, 5.74) is 22.6. The largest absolute Gasteiger partial charge is 0.508 e. The first-order valence-corrected chi connectivity index (χ1v) is 13.2. The predicted molar refractivity (Wildman–Crippen MR) is 151 cm³/mol. The minimum absolute atomic E-state index is 0.0366. The highest BCUT2D eigenvalue weighted by atomic mass is 16.4. The molecule has 0 bridgehead atoms. The molecule has 15 nitrogen and oxygen atoms in total. The van der Waals surface area contributed by atoms with Gasteiger partial charge in [0.2, 0.25) is 23.6 Å². The summed E-state index contributed by atoms with van der Waals surface area (Å²) in [5, 5.41) is 26.4. The van der Waals surface area contributed by atoms with Gasteiger partial charge in [-0.1, -0.05) is 26.0 Å². The number of aromatic hydroxyl groups is 1. The first kappa shape index (κ1) is 34.6. The summed E-state index contributed by atoms with van der Waals surface area (Å²) in [6.45, 7) is 3.74. The van der Waals surface area contributed by atoms with E-state index in [4.69, 9.17) is 22.9 Å². The first-order chi connectivity index (χ1) is 19.2. The van der Waals surface area contributed by atoms with Crippen molar-refractivity contribution in [3.63, 3.8) is 0 Å². The molecule has 1 rings (SSSR count). The molecule has 0 aromatic heterocycles. The summed E-state index contributed by atoms with van der Waals surface area (Å²) >= 11 is 0. The zero-order chi connectivity index (χ0) is 31.1. The Kier molecular flexibility index (Phi) is 14.6. The molecular formula is C26H42N8O7. The molecule has 41 heavy (non-hydrogen) atoms. The SMILES string of the molecule is CC(C)C[C@H](NC(=O)[C@H](CCCN=C(N)N)NC(=O)[C@H](CCC(N)=O)NC(=O)[C@@H](N)Cc1ccc(O)cc1)C(=O)O. The van der Waals surface area contributed by atoms with Crippen LogP contribution in [0.2, 0.25) is 0 Å². The van der Waals surface area contributed by atoms with E-state index in [1.165, 1.54) is 12.1 Å². The number of amides is 4. The molecule has 0 saturated carbocycles. The van der Waals surface area contributed by atoms with Crippen molar-refractivity contribution < 1.29 is 34.2 Å². The van der Waals surface area contributed by atoms with Gasteiger partial charge in [-0.15, -0.1) is 0 Å². The molecule has 13 N–H and O–H groups in total. The van der Waals surface area contributed by atoms with Crippen LogP contribution < -0.4 is 38.9 Å². The number of phenols is 1. The van der Waals surface area contributed by atoms with Gasteiger partial charge in [0.05, 0.1) is 6.04 Å². The topological polar surface area (TPSA) is 278 Å². The van der Waals surface area contributed by atoms with E-state index in [0.717, 1.165) is 0 Å². The normalized spacial score (nSPS) is 13.8. The van der Waals surface area contributed by atoms with Crippen molar-refractivity contribution in [1.29, 1.82) is 0 Å². The molecular weight excluding hydrogens is 536 g/mol. The molecule has 4 atom stereocenters. The van der Waals surface area contributed by atoms with Crippen molar-refractivity contribution in [3.05, 3.63) is 29.8 Å². The van der Waals surface area contributed by atoms with E-state index in [0.29, 0.717) is 5.56 Å². The highest BCUT2D eigenvalue weighted by molar-refractivity contribution is 5.94. The van der Waals surface area contributed by atoms with Crippen LogP contribution in [0.1, 0.15) is 51.5 Å². The van der Waals surface area contributed by atoms with Gasteiger partial charge in [0.25, 0.3) is 0 Å². The van der Waals surface area contributed by atoms with Gasteiger partial charge < -0.3 is 49.1 Å². The zero-order valence-corrected chi connectivity index (χ0v) is 23.3. The van der Waals surface area contributed by atoms with Crippen LogP contribution in [0, 0.1) is 5.92 Å². The maximum Gasteiger partial charge on any atom is 0.326 e. The van der Waals surface area contributed by atoms with Crippen molar-refractivity contribution in [3.8, 4) is 5.75 Å². The fourth-order valence-corrected chi connectivity index (χ4v) is 3.82. The van der Waals surface area contributed by atoms with Crippen LogP contribution in [-0.4, -0.2) is 76.5 Å². The summed E-state index contributed by atoms with van der Waals surface area (Å²) < 4.78 is 0. The Morgan fingerprint density at radius 1 is 0.854 bits per heavy atom. The molecule has 0 fully saturated rings. The van der Waals surface area contributed by atoms with Crippen LogP contribution in [-0.2, 0) is 30.4 Å². The predicted octanol–water partition coefficient (Wildman–Crippen LogP) is -1.83. The lowest BCUT2D eigenvalue weighted by Crippen LogP contribution is -2.57. The number of hydrogen-bond donors (Lipinski definition) is 9. The number of carboxylic acids is 1. The fourth-order valence-electron chi connectivity index (χ4n) is 3.82. The Bertz CT molecular complexity index is 1070. The van der Waals surface area contributed by atoms with Crippen LogP contribution in [0.3, 0.4) is 0 Å². The van der Waals surface area contributed by atoms with Crippen LogP contribution in [0.15, 0.2) is 29.3 Å². The Hall–Kier alpha value is -4.40. The van der Waals surface area contributed by atoms with E-state index in [1.54, 1.807) is 26.0 Å². The maximum atomic E-state index is 13.3. The Balaban J connectivity index is 3.07. The first-order valence-electron chi connectivity index (χ1n) is 13.2. The number of rotatable bonds is 18. The van der Waals surface area contributed by atoms with Gasteiger partial charge in [-0.3, -0.25) is 24.2 Å². The number of benzene rings is 1. The number of primary amides is 1. The monoisotopic (exact) mass is 578 g/mol. The van der Waals surface area contributed by atoms with Crippen LogP contribution in [0.5, 0.6) is 5.75 Å². The highest BCUT2D eigenvalue weighted by Crippen LogP contribution is 2.12. The third kappa shape index (κ3) is 14.0. The number of hydrogen-bond acceptors (Lipinski definition) is 8. The third-order valence-corrected chi connectivity index (χ3v) is 5.94. The van der Waals surface area contributed by atoms with Crippen molar-refractivity contribution in [2.75, 3.05) is 6.54 Å². The molecule has 0 spiro atoms. The van der Waals surface area contributed by atoms with Gasteiger partial charge in [0.1, 0.15) is 23.9 Å². The molecule has 0 aliphatic carbocycles. The number of guanidine groups is 1. The Labute approximate surface area is 238 Å². The average molecular weight is 579 g/mol. The van der Waals surface area contributed by atoms with E-state index in [9.17, 15) is 34.2 Å². The summed E-state index contributed by atoms with van der Waals surface area (Å²) in [6.07, 6.45) is 0.131. The lowest BCUT2D eigenvalue weighted by Gasteiger charge is -2.25. The molecule has 0 aliphatic rings. The molecule has 0 unspecified atom stereocenters. The van der Waals surface area contributed by atoms with E-state index in [-0.39, 0.29) is 62.7 Å². The molecule has 15 heteroatoms. The number of aliphatic imine (C=N–C) groups is 1. The summed E-state index contributed by atoms with van der Waals surface area (Å²) in [7, 11) is 0. The quantitative estimate of drug-likeness (QED) is 0.0533. The maximum absolute atomic E-state index is 13.3. The van der Waals surface area contributed by atoms with E-state index < -0.39 is 53.8 Å². The third-order valence-electron chi connectivity index (χ3n) is 5.94. The molecule has 1 aromatic rings. The Morgan fingerprint density at radius 3 is 1.90 bits per heavy atom. The standard InChI is InChI=1S/C26H42N8O7/c1-14(2)12-20(25(40)41)34-23(38)18(4-3-11-31-26(29)30)33-24(39)19(9-10-21(28)36)32-22(37)17(27)13-15-5-7-16(35)8-6-15/h5-8,14,17-20,35H,3-4,9-13,27H2,1-2H3,(H2,28,36)(H,32,37)(H,33,39)(H,34,38)(H,40,41)(H4,29,30,31)/t17-,18-,19-,20-/m0/s1. The van der Waals surface area contributed by atoms with Crippen LogP contribution in [0.4, 0.5) is 0 Å². The number of nitrogens with two attached hydrogens (primary N) is 4. The lowest BCUT2D eigenvalue weighted by atomic mass is 10.0. The second-order valence-electron chi connectivity index (χ2n) is 10.1. The number of nitrogens with one attached hydrogen (secondary N) is 3. The number of carbonyl (C=O) groups excluding carboxylic acids is 4. The van der Waals surface area contributed by atoms with Crippen LogP contribution >= 0.6 is 0 Å². The van der Waals surface area contributed by atoms with Crippen molar-refractivity contribution in [1.82, 2.24) is 16.0 Å². The number of aliphatic carboxylic acids is 1. The van der Waals surface area contributed by atoms with Gasteiger partial charge in [-0.05, 0) is 55.7 Å². The van der Waals surface area contributed by atoms with Crippen molar-refractivity contribution in [2.24, 2.45) is 33.8 Å². The molecule has 0 saturated heterocycles. The fraction of sp³-hybridized carbons (Fsp3) is 0.538. The van der Waals surface area contributed by atoms with Gasteiger partial charge in [0, 0.05) is 13.0 Å². The zero-order valence-electron chi connectivity index (χ0n) is 23.3. The molecule has 228 valence electrons. The minimum atomic E-state index is -1.28. The summed E-state index contributed by atoms with van der Waals surface area (Å²) in [4.78, 5) is 66.1. The highest BCUT2D eigenvalue weighted by Gasteiger charge is 2.30. The smallest absolute Gasteiger partial charge is 0.326 e. The van der Waals surface area contributed by atoms with Crippen molar-refractivity contribution >= 4 is 35.6 Å². The summed E-state index contributed by atoms with van der Waals surface area (Å²) in [5.74, 6) is -4.33. The van der Waals surface area contributed by atoms with Gasteiger partial charge in [-0.2, -0.15) is 0 Å². The van der Waals surface area contributed by atoms with Gasteiger partial charge in [0.15, 0.2) is 5.96 Å². The molecule has 1 aromatic carbocycles. The summed E-state index contributed by atoms with van der Waals surface area (Å²) in [6, 6.07) is 1.32. The van der Waals surface area contributed by atoms with E-state index >= 15 is 0 Å². The Morgan fingerprint density at radius 2 is 1.39 bits per heavy atom. The molecule has 4 amide bonds. The van der Waals surface area contributed by atoms with Crippen LogP contribution in [0.25, 0.3) is 0 Å².